The van der Waals surface area contributed by atoms with Crippen molar-refractivity contribution in [3.05, 3.63) is 34.8 Å². The van der Waals surface area contributed by atoms with E-state index in [2.05, 4.69) is 26.3 Å². The van der Waals surface area contributed by atoms with Crippen LogP contribution in [0, 0.1) is 0 Å². The molecule has 2 aromatic carbocycles. The van der Waals surface area contributed by atoms with Crippen molar-refractivity contribution < 1.29 is 4.52 Å². The second-order valence-electron chi connectivity index (χ2n) is 3.03. The minimum atomic E-state index is 0.698. The Bertz CT molecular complexity index is 618. The molecule has 0 radical (unpaired) electrons. The topological polar surface area (TPSA) is 38.9 Å². The second kappa shape index (κ2) is 2.78. The summed E-state index contributed by atoms with van der Waals surface area (Å²) < 4.78 is 5.93. The van der Waals surface area contributed by atoms with E-state index >= 15 is 0 Å². The van der Waals surface area contributed by atoms with Gasteiger partial charge in [-0.05, 0) is 27.4 Å². The molecule has 4 heteroatoms. The van der Waals surface area contributed by atoms with E-state index in [0.29, 0.717) is 5.58 Å². The maximum atomic E-state index is 5.05. The van der Waals surface area contributed by atoms with E-state index in [1.807, 2.05) is 30.3 Å². The molecular weight excluding hydrogens is 244 g/mol. The fourth-order valence-electron chi connectivity index (χ4n) is 1.56. The predicted molar refractivity (Wildman–Crippen MR) is 57.0 cm³/mol. The molecule has 0 saturated heterocycles. The van der Waals surface area contributed by atoms with Gasteiger partial charge in [-0.2, -0.15) is 0 Å². The van der Waals surface area contributed by atoms with Crippen molar-refractivity contribution in [2.24, 2.45) is 0 Å². The molecule has 3 rings (SSSR count). The number of halogens is 1. The Balaban J connectivity index is 2.66. The second-order valence-corrected chi connectivity index (χ2v) is 3.88. The van der Waals surface area contributed by atoms with Gasteiger partial charge in [0.25, 0.3) is 0 Å². The van der Waals surface area contributed by atoms with Crippen LogP contribution in [0.2, 0.25) is 0 Å². The Morgan fingerprint density at radius 2 is 2.07 bits per heavy atom. The molecule has 3 nitrogen and oxygen atoms in total. The van der Waals surface area contributed by atoms with Gasteiger partial charge in [-0.1, -0.05) is 24.3 Å². The van der Waals surface area contributed by atoms with Crippen molar-refractivity contribution in [3.8, 4) is 0 Å². The highest BCUT2D eigenvalue weighted by Gasteiger charge is 2.09. The van der Waals surface area contributed by atoms with Crippen LogP contribution in [0.5, 0.6) is 0 Å². The molecule has 0 aliphatic carbocycles. The summed E-state index contributed by atoms with van der Waals surface area (Å²) in [6.45, 7) is 0. The van der Waals surface area contributed by atoms with Gasteiger partial charge in [0.2, 0.25) is 5.58 Å². The molecule has 0 spiro atoms. The lowest BCUT2D eigenvalue weighted by molar-refractivity contribution is 0.423. The molecule has 1 heterocycles. The van der Waals surface area contributed by atoms with Gasteiger partial charge in [0.15, 0.2) is 0 Å². The van der Waals surface area contributed by atoms with Crippen LogP contribution < -0.4 is 0 Å². The molecule has 1 aromatic heterocycles. The minimum absolute atomic E-state index is 0.698. The molecule has 0 aliphatic heterocycles. The van der Waals surface area contributed by atoms with Gasteiger partial charge in [0.05, 0.1) is 4.47 Å². The fourth-order valence-corrected chi connectivity index (χ4v) is 2.07. The average molecular weight is 249 g/mol. The maximum absolute atomic E-state index is 5.05. The van der Waals surface area contributed by atoms with Crippen LogP contribution in [0.15, 0.2) is 39.3 Å². The maximum Gasteiger partial charge on any atom is 0.202 e. The number of hydrogen-bond donors (Lipinski definition) is 0. The van der Waals surface area contributed by atoms with E-state index < -0.39 is 0 Å². The van der Waals surface area contributed by atoms with Gasteiger partial charge >= 0.3 is 0 Å². The van der Waals surface area contributed by atoms with Gasteiger partial charge in [-0.3, -0.25) is 0 Å². The largest absolute Gasteiger partial charge is 0.336 e. The third-order valence-corrected chi connectivity index (χ3v) is 2.79. The monoisotopic (exact) mass is 248 g/mol. The number of aromatic nitrogens is 2. The van der Waals surface area contributed by atoms with Crippen LogP contribution in [0.25, 0.3) is 21.9 Å². The standard InChI is InChI=1S/C10H5BrN2O/c11-8-5-6-3-1-2-4-7(6)9-10(8)14-13-12-9/h1-5H. The number of nitrogens with zero attached hydrogens (tertiary/aromatic N) is 2. The normalized spacial score (nSPS) is 11.2. The zero-order valence-electron chi connectivity index (χ0n) is 7.07. The van der Waals surface area contributed by atoms with E-state index in [0.717, 1.165) is 20.8 Å². The molecule has 14 heavy (non-hydrogen) atoms. The van der Waals surface area contributed by atoms with Crippen LogP contribution in [0.1, 0.15) is 0 Å². The Hall–Kier alpha value is -1.42. The van der Waals surface area contributed by atoms with Crippen molar-refractivity contribution in [1.82, 2.24) is 10.4 Å². The first kappa shape index (κ1) is 7.94. The Labute approximate surface area is 87.8 Å². The number of rotatable bonds is 0. The molecule has 0 fully saturated rings. The Morgan fingerprint density at radius 3 is 3.00 bits per heavy atom. The molecule has 0 unspecified atom stereocenters. The summed E-state index contributed by atoms with van der Waals surface area (Å²) in [4.78, 5) is 0. The Kier molecular flexibility index (Phi) is 1.58. The summed E-state index contributed by atoms with van der Waals surface area (Å²) >= 11 is 3.42. The lowest BCUT2D eigenvalue weighted by Crippen LogP contribution is -1.76. The molecule has 0 saturated carbocycles. The highest BCUT2D eigenvalue weighted by Crippen LogP contribution is 2.29. The average Bonchev–Trinajstić information content (AvgIpc) is 2.67. The molecule has 0 amide bonds. The summed E-state index contributed by atoms with van der Waals surface area (Å²) in [6.07, 6.45) is 0. The lowest BCUT2D eigenvalue weighted by atomic mass is 10.1. The molecule has 0 aliphatic rings. The molecular formula is C10H5BrN2O. The smallest absolute Gasteiger partial charge is 0.202 e. The Morgan fingerprint density at radius 1 is 1.21 bits per heavy atom. The van der Waals surface area contributed by atoms with E-state index in [1.165, 1.54) is 0 Å². The highest BCUT2D eigenvalue weighted by atomic mass is 79.9. The predicted octanol–water partition coefficient (Wildman–Crippen LogP) is 3.14. The summed E-state index contributed by atoms with van der Waals surface area (Å²) in [5.74, 6) is 0. The molecule has 0 bridgehead atoms. The van der Waals surface area contributed by atoms with Crippen LogP contribution in [0.4, 0.5) is 0 Å². The third kappa shape index (κ3) is 0.974. The molecule has 0 atom stereocenters. The van der Waals surface area contributed by atoms with Crippen molar-refractivity contribution in [3.63, 3.8) is 0 Å². The first-order valence-corrected chi connectivity index (χ1v) is 4.95. The van der Waals surface area contributed by atoms with Gasteiger partial charge in [0.1, 0.15) is 5.52 Å². The fraction of sp³-hybridized carbons (Fsp3) is 0. The molecule has 68 valence electrons. The first-order valence-electron chi connectivity index (χ1n) is 4.15. The summed E-state index contributed by atoms with van der Waals surface area (Å²) in [5, 5.41) is 9.71. The lowest BCUT2D eigenvalue weighted by Gasteiger charge is -1.97. The minimum Gasteiger partial charge on any atom is -0.336 e. The first-order chi connectivity index (χ1) is 6.86. The highest BCUT2D eigenvalue weighted by molar-refractivity contribution is 9.10. The van der Waals surface area contributed by atoms with Gasteiger partial charge in [0, 0.05) is 10.7 Å². The summed E-state index contributed by atoms with van der Waals surface area (Å²) in [6, 6.07) is 10.0. The number of fused-ring (bicyclic) bond motifs is 3. The van der Waals surface area contributed by atoms with Crippen LogP contribution in [0.3, 0.4) is 0 Å². The number of hydrogen-bond acceptors (Lipinski definition) is 3. The third-order valence-electron chi connectivity index (χ3n) is 2.20. The number of benzene rings is 2. The SMILES string of the molecule is Brc1cc2ccccc2c2nnoc12. The zero-order chi connectivity index (χ0) is 9.54. The van der Waals surface area contributed by atoms with Crippen LogP contribution >= 0.6 is 15.9 Å². The van der Waals surface area contributed by atoms with Gasteiger partial charge in [-0.15, -0.1) is 5.10 Å². The van der Waals surface area contributed by atoms with Gasteiger partial charge in [-0.25, -0.2) is 0 Å². The summed E-state index contributed by atoms with van der Waals surface area (Å²) in [5.41, 5.74) is 1.50. The van der Waals surface area contributed by atoms with Crippen LogP contribution in [-0.4, -0.2) is 10.4 Å². The molecule has 3 aromatic rings. The molecule has 0 N–H and O–H groups in total. The van der Waals surface area contributed by atoms with E-state index in [1.54, 1.807) is 0 Å². The van der Waals surface area contributed by atoms with Crippen LogP contribution in [-0.2, 0) is 0 Å². The van der Waals surface area contributed by atoms with E-state index in [-0.39, 0.29) is 0 Å². The van der Waals surface area contributed by atoms with Crippen molar-refractivity contribution in [1.29, 1.82) is 0 Å². The van der Waals surface area contributed by atoms with Crippen molar-refractivity contribution in [2.75, 3.05) is 0 Å². The van der Waals surface area contributed by atoms with Gasteiger partial charge < -0.3 is 4.52 Å². The quantitative estimate of drug-likeness (QED) is 0.614. The van der Waals surface area contributed by atoms with Crippen molar-refractivity contribution >= 4 is 37.8 Å². The van der Waals surface area contributed by atoms with E-state index in [4.69, 9.17) is 4.52 Å². The summed E-state index contributed by atoms with van der Waals surface area (Å²) in [7, 11) is 0. The van der Waals surface area contributed by atoms with E-state index in [9.17, 15) is 0 Å². The zero-order valence-corrected chi connectivity index (χ0v) is 8.65. The van der Waals surface area contributed by atoms with Crippen molar-refractivity contribution in [2.45, 2.75) is 0 Å².